The van der Waals surface area contributed by atoms with Gasteiger partial charge >= 0.3 is 5.97 Å². The van der Waals surface area contributed by atoms with E-state index in [-0.39, 0.29) is 37.8 Å². The third kappa shape index (κ3) is 8.20. The van der Waals surface area contributed by atoms with Crippen molar-refractivity contribution in [3.63, 3.8) is 0 Å². The third-order valence-electron chi connectivity index (χ3n) is 4.24. The zero-order valence-electron chi connectivity index (χ0n) is 16.6. The van der Waals surface area contributed by atoms with Crippen LogP contribution in [0.5, 0.6) is 0 Å². The molecule has 0 radical (unpaired) electrons. The number of esters is 1. The number of nitrogens with two attached hydrogens (primary N) is 1. The summed E-state index contributed by atoms with van der Waals surface area (Å²) < 4.78 is 4.84. The largest absolute Gasteiger partial charge is 0.466 e. The van der Waals surface area contributed by atoms with Gasteiger partial charge in [0.05, 0.1) is 19.1 Å². The van der Waals surface area contributed by atoms with Crippen molar-refractivity contribution >= 4 is 23.7 Å². The Morgan fingerprint density at radius 2 is 1.57 bits per heavy atom. The molecule has 0 heterocycles. The molecule has 154 valence electrons. The second-order valence-corrected chi connectivity index (χ2v) is 6.63. The van der Waals surface area contributed by atoms with Crippen LogP contribution in [0.4, 0.5) is 0 Å². The maximum Gasteiger partial charge on any atom is 0.306 e. The van der Waals surface area contributed by atoms with E-state index in [1.807, 2.05) is 37.3 Å². The molecule has 0 aromatic heterocycles. The predicted octanol–water partition coefficient (Wildman–Crippen LogP) is 1.20. The van der Waals surface area contributed by atoms with Gasteiger partial charge in [-0.25, -0.2) is 0 Å². The lowest BCUT2D eigenvalue weighted by Gasteiger charge is -2.21. The molecule has 0 saturated carbocycles. The first-order valence-electron chi connectivity index (χ1n) is 9.33. The van der Waals surface area contributed by atoms with Crippen LogP contribution in [-0.2, 0) is 23.9 Å². The monoisotopic (exact) mass is 391 g/mol. The number of carbonyl (C=O) groups is 4. The Morgan fingerprint density at radius 1 is 1.00 bits per heavy atom. The molecule has 3 atom stereocenters. The number of ether oxygens (including phenoxy) is 1. The topological polar surface area (TPSA) is 128 Å². The maximum atomic E-state index is 12.1. The number of hydrogen-bond acceptors (Lipinski definition) is 5. The van der Waals surface area contributed by atoms with E-state index in [9.17, 15) is 19.2 Å². The second kappa shape index (κ2) is 11.7. The minimum atomic E-state index is -1.01. The van der Waals surface area contributed by atoms with Crippen LogP contribution in [0.1, 0.15) is 51.6 Å². The zero-order valence-corrected chi connectivity index (χ0v) is 16.6. The molecular formula is C20H29N3O5. The molecule has 1 aromatic carbocycles. The maximum absolute atomic E-state index is 12.1. The molecule has 3 amide bonds. The van der Waals surface area contributed by atoms with Gasteiger partial charge in [0.25, 0.3) is 0 Å². The Labute approximate surface area is 165 Å². The molecule has 0 bridgehead atoms. The van der Waals surface area contributed by atoms with Crippen molar-refractivity contribution in [3.05, 3.63) is 35.9 Å². The standard InChI is InChI=1S/C20H29N3O5/c1-4-28-18(26)12-13(2)19(20(21)27)23-17(25)11-10-16(24)22-14(3)15-8-6-5-7-9-15/h5-9,13-14,19H,4,10-12H2,1-3H3,(H2,21,27)(H,22,24)(H,23,25)/t13-,14+,19+/m0/s1. The Kier molecular flexibility index (Phi) is 9.70. The quantitative estimate of drug-likeness (QED) is 0.489. The van der Waals surface area contributed by atoms with Gasteiger partial charge in [-0.3, -0.25) is 19.2 Å². The number of nitrogens with one attached hydrogen (secondary N) is 2. The molecule has 0 aliphatic heterocycles. The highest BCUT2D eigenvalue weighted by molar-refractivity contribution is 5.89. The summed E-state index contributed by atoms with van der Waals surface area (Å²) in [7, 11) is 0. The van der Waals surface area contributed by atoms with Crippen LogP contribution in [0.15, 0.2) is 30.3 Å². The number of rotatable bonds is 11. The van der Waals surface area contributed by atoms with E-state index in [0.717, 1.165) is 5.56 Å². The number of carbonyl (C=O) groups excluding carboxylic acids is 4. The van der Waals surface area contributed by atoms with Crippen molar-refractivity contribution in [2.45, 2.75) is 52.1 Å². The highest BCUT2D eigenvalue weighted by atomic mass is 16.5. The van der Waals surface area contributed by atoms with Gasteiger partial charge in [0.1, 0.15) is 6.04 Å². The molecule has 8 heteroatoms. The highest BCUT2D eigenvalue weighted by Gasteiger charge is 2.27. The predicted molar refractivity (Wildman–Crippen MR) is 104 cm³/mol. The highest BCUT2D eigenvalue weighted by Crippen LogP contribution is 2.12. The fourth-order valence-electron chi connectivity index (χ4n) is 2.71. The second-order valence-electron chi connectivity index (χ2n) is 6.63. The molecule has 8 nitrogen and oxygen atoms in total. The van der Waals surface area contributed by atoms with E-state index in [2.05, 4.69) is 10.6 Å². The van der Waals surface area contributed by atoms with Crippen LogP contribution in [0, 0.1) is 5.92 Å². The number of hydrogen-bond donors (Lipinski definition) is 3. The van der Waals surface area contributed by atoms with E-state index < -0.39 is 29.7 Å². The number of benzene rings is 1. The third-order valence-corrected chi connectivity index (χ3v) is 4.24. The molecule has 1 aromatic rings. The minimum absolute atomic E-state index is 0.0270. The number of primary amides is 1. The SMILES string of the molecule is CCOC(=O)C[C@H](C)[C@@H](NC(=O)CCC(=O)N[C@H](C)c1ccccc1)C(N)=O. The van der Waals surface area contributed by atoms with Crippen molar-refractivity contribution in [1.82, 2.24) is 10.6 Å². The molecule has 0 unspecified atom stereocenters. The number of amides is 3. The Balaban J connectivity index is 2.48. The van der Waals surface area contributed by atoms with E-state index in [0.29, 0.717) is 0 Å². The summed E-state index contributed by atoms with van der Waals surface area (Å²) >= 11 is 0. The lowest BCUT2D eigenvalue weighted by atomic mass is 9.97. The van der Waals surface area contributed by atoms with E-state index in [4.69, 9.17) is 10.5 Å². The molecule has 0 aliphatic carbocycles. The van der Waals surface area contributed by atoms with Crippen molar-refractivity contribution in [1.29, 1.82) is 0 Å². The zero-order chi connectivity index (χ0) is 21.1. The summed E-state index contributed by atoms with van der Waals surface area (Å²) in [5, 5.41) is 5.32. The molecule has 0 spiro atoms. The first-order chi connectivity index (χ1) is 13.2. The summed E-state index contributed by atoms with van der Waals surface area (Å²) in [6, 6.07) is 8.27. The smallest absolute Gasteiger partial charge is 0.306 e. The van der Waals surface area contributed by atoms with Gasteiger partial charge in [-0.2, -0.15) is 0 Å². The lowest BCUT2D eigenvalue weighted by molar-refractivity contribution is -0.144. The van der Waals surface area contributed by atoms with Gasteiger partial charge in [0.2, 0.25) is 17.7 Å². The van der Waals surface area contributed by atoms with E-state index in [1.165, 1.54) is 0 Å². The van der Waals surface area contributed by atoms with Crippen LogP contribution in [0.3, 0.4) is 0 Å². The summed E-state index contributed by atoms with van der Waals surface area (Å²) in [5.41, 5.74) is 6.30. The average molecular weight is 391 g/mol. The fraction of sp³-hybridized carbons (Fsp3) is 0.500. The van der Waals surface area contributed by atoms with E-state index >= 15 is 0 Å². The average Bonchev–Trinajstić information content (AvgIpc) is 2.64. The van der Waals surface area contributed by atoms with Crippen molar-refractivity contribution < 1.29 is 23.9 Å². The Hall–Kier alpha value is -2.90. The van der Waals surface area contributed by atoms with Crippen LogP contribution in [-0.4, -0.2) is 36.3 Å². The van der Waals surface area contributed by atoms with Gasteiger partial charge in [-0.05, 0) is 25.3 Å². The van der Waals surface area contributed by atoms with Crippen LogP contribution in [0.25, 0.3) is 0 Å². The van der Waals surface area contributed by atoms with Crippen LogP contribution >= 0.6 is 0 Å². The summed E-state index contributed by atoms with van der Waals surface area (Å²) in [6.45, 7) is 5.39. The first-order valence-corrected chi connectivity index (χ1v) is 9.33. The van der Waals surface area contributed by atoms with Gasteiger partial charge in [-0.15, -0.1) is 0 Å². The van der Waals surface area contributed by atoms with Crippen molar-refractivity contribution in [2.24, 2.45) is 11.7 Å². The van der Waals surface area contributed by atoms with Crippen molar-refractivity contribution in [3.8, 4) is 0 Å². The summed E-state index contributed by atoms with van der Waals surface area (Å²) in [5.74, 6) is -2.49. The van der Waals surface area contributed by atoms with Crippen LogP contribution < -0.4 is 16.4 Å². The Morgan fingerprint density at radius 3 is 2.11 bits per heavy atom. The van der Waals surface area contributed by atoms with Crippen LogP contribution in [0.2, 0.25) is 0 Å². The van der Waals surface area contributed by atoms with Gasteiger partial charge < -0.3 is 21.1 Å². The molecule has 0 fully saturated rings. The molecule has 0 aliphatic rings. The molecule has 28 heavy (non-hydrogen) atoms. The minimum Gasteiger partial charge on any atom is -0.466 e. The lowest BCUT2D eigenvalue weighted by Crippen LogP contribution is -2.49. The summed E-state index contributed by atoms with van der Waals surface area (Å²) in [6.07, 6.45) is -0.166. The van der Waals surface area contributed by atoms with Gasteiger partial charge in [0.15, 0.2) is 0 Å². The molecule has 4 N–H and O–H groups in total. The molecule has 1 rings (SSSR count). The molecular weight excluding hydrogens is 362 g/mol. The normalized spacial score (nSPS) is 13.7. The van der Waals surface area contributed by atoms with E-state index in [1.54, 1.807) is 13.8 Å². The van der Waals surface area contributed by atoms with Gasteiger partial charge in [0, 0.05) is 12.8 Å². The fourth-order valence-corrected chi connectivity index (χ4v) is 2.71. The molecule has 0 saturated heterocycles. The van der Waals surface area contributed by atoms with Crippen molar-refractivity contribution in [2.75, 3.05) is 6.61 Å². The summed E-state index contributed by atoms with van der Waals surface area (Å²) in [4.78, 5) is 47.4. The first kappa shape index (κ1) is 23.1. The van der Waals surface area contributed by atoms with Gasteiger partial charge in [-0.1, -0.05) is 37.3 Å². The Bertz CT molecular complexity index is 678.